The zero-order valence-corrected chi connectivity index (χ0v) is 10.7. The predicted octanol–water partition coefficient (Wildman–Crippen LogP) is 4.06. The molecule has 3 aromatic rings. The van der Waals surface area contributed by atoms with Crippen LogP contribution in [0.1, 0.15) is 11.3 Å². The van der Waals surface area contributed by atoms with E-state index >= 15 is 0 Å². The van der Waals surface area contributed by atoms with E-state index in [1.807, 2.05) is 49.4 Å². The lowest BCUT2D eigenvalue weighted by Crippen LogP contribution is -1.98. The van der Waals surface area contributed by atoms with E-state index < -0.39 is 0 Å². The molecule has 1 aromatic heterocycles. The highest BCUT2D eigenvalue weighted by atomic mass is 16.3. The van der Waals surface area contributed by atoms with Crippen LogP contribution in [-0.4, -0.2) is 5.11 Å². The van der Waals surface area contributed by atoms with E-state index in [2.05, 4.69) is 5.32 Å². The van der Waals surface area contributed by atoms with Gasteiger partial charge in [0.05, 0.1) is 6.54 Å². The maximum Gasteiger partial charge on any atom is 0.134 e. The number of phenols is 1. The summed E-state index contributed by atoms with van der Waals surface area (Å²) in [5.74, 6) is 1.21. The van der Waals surface area contributed by atoms with E-state index in [1.165, 1.54) is 0 Å². The second-order valence-corrected chi connectivity index (χ2v) is 4.61. The summed E-state index contributed by atoms with van der Waals surface area (Å²) in [5, 5.41) is 13.9. The molecule has 96 valence electrons. The summed E-state index contributed by atoms with van der Waals surface area (Å²) in [4.78, 5) is 0. The molecule has 2 aromatic carbocycles. The Hall–Kier alpha value is -2.42. The van der Waals surface area contributed by atoms with E-state index in [-0.39, 0.29) is 0 Å². The third-order valence-corrected chi connectivity index (χ3v) is 3.14. The average molecular weight is 253 g/mol. The van der Waals surface area contributed by atoms with E-state index in [4.69, 9.17) is 4.42 Å². The number of hydrogen-bond acceptors (Lipinski definition) is 3. The van der Waals surface area contributed by atoms with Gasteiger partial charge in [-0.1, -0.05) is 18.2 Å². The first kappa shape index (κ1) is 11.7. The SMILES string of the molecule is Cc1cc(NCc2cc3ccccc3o2)ccc1O. The summed E-state index contributed by atoms with van der Waals surface area (Å²) < 4.78 is 5.73. The summed E-state index contributed by atoms with van der Waals surface area (Å²) in [7, 11) is 0. The Kier molecular flexibility index (Phi) is 2.88. The van der Waals surface area contributed by atoms with E-state index in [0.29, 0.717) is 12.3 Å². The molecule has 0 bridgehead atoms. The molecule has 19 heavy (non-hydrogen) atoms. The molecule has 1 heterocycles. The van der Waals surface area contributed by atoms with Crippen molar-refractivity contribution >= 4 is 16.7 Å². The molecule has 0 aliphatic rings. The van der Waals surface area contributed by atoms with Crippen molar-refractivity contribution in [3.05, 3.63) is 59.9 Å². The Morgan fingerprint density at radius 3 is 2.74 bits per heavy atom. The van der Waals surface area contributed by atoms with Gasteiger partial charge in [0, 0.05) is 11.1 Å². The van der Waals surface area contributed by atoms with Gasteiger partial charge in [-0.2, -0.15) is 0 Å². The molecule has 0 aliphatic heterocycles. The number of aryl methyl sites for hydroxylation is 1. The van der Waals surface area contributed by atoms with Gasteiger partial charge < -0.3 is 14.8 Å². The molecule has 3 nitrogen and oxygen atoms in total. The number of hydrogen-bond donors (Lipinski definition) is 2. The van der Waals surface area contributed by atoms with E-state index in [0.717, 1.165) is 28.0 Å². The zero-order valence-electron chi connectivity index (χ0n) is 10.7. The van der Waals surface area contributed by atoms with E-state index in [1.54, 1.807) is 6.07 Å². The molecule has 0 fully saturated rings. The Morgan fingerprint density at radius 2 is 1.95 bits per heavy atom. The number of phenolic OH excluding ortho intramolecular Hbond substituents is 1. The number of furan rings is 1. The summed E-state index contributed by atoms with van der Waals surface area (Å²) >= 11 is 0. The number of benzene rings is 2. The van der Waals surface area contributed by atoms with Gasteiger partial charge in [-0.15, -0.1) is 0 Å². The van der Waals surface area contributed by atoms with Gasteiger partial charge in [-0.05, 0) is 42.8 Å². The Bertz CT molecular complexity index is 683. The summed E-state index contributed by atoms with van der Waals surface area (Å²) in [6.07, 6.45) is 0. The molecular weight excluding hydrogens is 238 g/mol. The van der Waals surface area contributed by atoms with Crippen molar-refractivity contribution in [3.63, 3.8) is 0 Å². The Labute approximate surface area is 111 Å². The van der Waals surface area contributed by atoms with Crippen LogP contribution in [0.4, 0.5) is 5.69 Å². The predicted molar refractivity (Wildman–Crippen MR) is 76.4 cm³/mol. The lowest BCUT2D eigenvalue weighted by Gasteiger charge is -2.06. The smallest absolute Gasteiger partial charge is 0.134 e. The minimum atomic E-state index is 0.314. The molecule has 0 spiro atoms. The third-order valence-electron chi connectivity index (χ3n) is 3.14. The van der Waals surface area contributed by atoms with Crippen molar-refractivity contribution in [2.45, 2.75) is 13.5 Å². The van der Waals surface area contributed by atoms with Crippen molar-refractivity contribution < 1.29 is 9.52 Å². The second-order valence-electron chi connectivity index (χ2n) is 4.61. The first-order chi connectivity index (χ1) is 9.22. The highest BCUT2D eigenvalue weighted by Crippen LogP contribution is 2.22. The number of fused-ring (bicyclic) bond motifs is 1. The van der Waals surface area contributed by atoms with Crippen LogP contribution >= 0.6 is 0 Å². The molecule has 0 saturated carbocycles. The molecule has 0 aliphatic carbocycles. The van der Waals surface area contributed by atoms with Crippen LogP contribution in [0.2, 0.25) is 0 Å². The minimum Gasteiger partial charge on any atom is -0.508 e. The maximum atomic E-state index is 9.48. The van der Waals surface area contributed by atoms with Gasteiger partial charge in [0.2, 0.25) is 0 Å². The number of aromatic hydroxyl groups is 1. The standard InChI is InChI=1S/C16H15NO2/c1-11-8-13(6-7-15(11)18)17-10-14-9-12-4-2-3-5-16(12)19-14/h2-9,17-18H,10H2,1H3. The van der Waals surface area contributed by atoms with Gasteiger partial charge in [0.25, 0.3) is 0 Å². The molecular formula is C16H15NO2. The highest BCUT2D eigenvalue weighted by Gasteiger charge is 2.03. The topological polar surface area (TPSA) is 45.4 Å². The number of para-hydroxylation sites is 1. The van der Waals surface area contributed by atoms with Gasteiger partial charge in [-0.3, -0.25) is 0 Å². The van der Waals surface area contributed by atoms with Crippen LogP contribution in [0, 0.1) is 6.92 Å². The van der Waals surface area contributed by atoms with Crippen LogP contribution in [0.25, 0.3) is 11.0 Å². The normalized spacial score (nSPS) is 10.8. The van der Waals surface area contributed by atoms with Gasteiger partial charge in [-0.25, -0.2) is 0 Å². The minimum absolute atomic E-state index is 0.314. The average Bonchev–Trinajstić information content (AvgIpc) is 2.83. The van der Waals surface area contributed by atoms with Crippen LogP contribution in [0.15, 0.2) is 52.9 Å². The lowest BCUT2D eigenvalue weighted by atomic mass is 10.2. The molecule has 3 heteroatoms. The molecule has 0 amide bonds. The summed E-state index contributed by atoms with van der Waals surface area (Å²) in [6, 6.07) is 15.5. The van der Waals surface area contributed by atoms with Crippen molar-refractivity contribution in [2.75, 3.05) is 5.32 Å². The van der Waals surface area contributed by atoms with Crippen LogP contribution < -0.4 is 5.32 Å². The fraction of sp³-hybridized carbons (Fsp3) is 0.125. The third kappa shape index (κ3) is 2.40. The fourth-order valence-electron chi connectivity index (χ4n) is 2.08. The second kappa shape index (κ2) is 4.69. The zero-order chi connectivity index (χ0) is 13.2. The summed E-state index contributed by atoms with van der Waals surface area (Å²) in [5.41, 5.74) is 2.73. The molecule has 0 radical (unpaired) electrons. The van der Waals surface area contributed by atoms with Crippen LogP contribution in [0.3, 0.4) is 0 Å². The van der Waals surface area contributed by atoms with E-state index in [9.17, 15) is 5.11 Å². The van der Waals surface area contributed by atoms with Crippen LogP contribution in [0.5, 0.6) is 5.75 Å². The molecule has 3 rings (SSSR count). The van der Waals surface area contributed by atoms with Crippen molar-refractivity contribution in [1.29, 1.82) is 0 Å². The quantitative estimate of drug-likeness (QED) is 0.692. The van der Waals surface area contributed by atoms with Gasteiger partial charge >= 0.3 is 0 Å². The van der Waals surface area contributed by atoms with Crippen molar-refractivity contribution in [2.24, 2.45) is 0 Å². The Morgan fingerprint density at radius 1 is 1.11 bits per heavy atom. The summed E-state index contributed by atoms with van der Waals surface area (Å²) in [6.45, 7) is 2.50. The molecule has 2 N–H and O–H groups in total. The monoisotopic (exact) mass is 253 g/mol. The van der Waals surface area contributed by atoms with Crippen molar-refractivity contribution in [3.8, 4) is 5.75 Å². The number of rotatable bonds is 3. The first-order valence-electron chi connectivity index (χ1n) is 6.23. The lowest BCUT2D eigenvalue weighted by molar-refractivity contribution is 0.471. The molecule has 0 atom stereocenters. The molecule has 0 unspecified atom stereocenters. The van der Waals surface area contributed by atoms with Gasteiger partial charge in [0.15, 0.2) is 0 Å². The Balaban J connectivity index is 1.76. The first-order valence-corrected chi connectivity index (χ1v) is 6.23. The number of anilines is 1. The number of nitrogens with one attached hydrogen (secondary N) is 1. The van der Waals surface area contributed by atoms with Gasteiger partial charge in [0.1, 0.15) is 17.1 Å². The highest BCUT2D eigenvalue weighted by molar-refractivity contribution is 5.77. The van der Waals surface area contributed by atoms with Crippen molar-refractivity contribution in [1.82, 2.24) is 0 Å². The molecule has 0 saturated heterocycles. The van der Waals surface area contributed by atoms with Crippen LogP contribution in [-0.2, 0) is 6.54 Å². The fourth-order valence-corrected chi connectivity index (χ4v) is 2.08. The maximum absolute atomic E-state index is 9.48. The largest absolute Gasteiger partial charge is 0.508 e.